The van der Waals surface area contributed by atoms with E-state index in [0.29, 0.717) is 25.9 Å². The number of carboxylic acid groups (broad SMARTS) is 1. The fourth-order valence-corrected chi connectivity index (χ4v) is 5.44. The van der Waals surface area contributed by atoms with Gasteiger partial charge in [-0.1, -0.05) is 48.5 Å². The smallest absolute Gasteiger partial charge is 0.407 e. The first-order valence-electron chi connectivity index (χ1n) is 13.9. The Hall–Kier alpha value is -4.44. The van der Waals surface area contributed by atoms with Crippen molar-refractivity contribution >= 4 is 12.1 Å². The van der Waals surface area contributed by atoms with E-state index in [1.54, 1.807) is 12.4 Å². The molecule has 1 aliphatic carbocycles. The van der Waals surface area contributed by atoms with Crippen molar-refractivity contribution in [1.29, 1.82) is 0 Å². The molecule has 10 nitrogen and oxygen atoms in total. The van der Waals surface area contributed by atoms with Crippen LogP contribution in [0, 0.1) is 0 Å². The number of rotatable bonds is 13. The number of nitrogens with one attached hydrogen (secondary N) is 1. The van der Waals surface area contributed by atoms with Crippen LogP contribution in [-0.2, 0) is 36.7 Å². The second kappa shape index (κ2) is 12.8. The van der Waals surface area contributed by atoms with E-state index in [2.05, 4.69) is 32.3 Å². The van der Waals surface area contributed by atoms with Crippen molar-refractivity contribution in [3.63, 3.8) is 0 Å². The number of alkyl carbamates (subject to hydrolysis) is 1. The SMILES string of the molecule is Cn1ccnc1CN(CCCC[C@@H](NC(=O)OCC1c2ccccc2-c2ccccc21)C(=O)O)Cc1nccn1C. The number of aromatic nitrogens is 4. The number of unbranched alkanes of at least 4 members (excludes halogenated alkanes) is 1. The predicted octanol–water partition coefficient (Wildman–Crippen LogP) is 4.32. The van der Waals surface area contributed by atoms with Crippen LogP contribution >= 0.6 is 0 Å². The minimum Gasteiger partial charge on any atom is -0.480 e. The lowest BCUT2D eigenvalue weighted by atomic mass is 9.98. The fourth-order valence-electron chi connectivity index (χ4n) is 5.44. The zero-order valence-corrected chi connectivity index (χ0v) is 23.4. The lowest BCUT2D eigenvalue weighted by Gasteiger charge is -2.22. The van der Waals surface area contributed by atoms with Crippen LogP contribution in [-0.4, -0.2) is 60.4 Å². The minimum absolute atomic E-state index is 0.0835. The first-order valence-corrected chi connectivity index (χ1v) is 13.9. The number of aryl methyl sites for hydroxylation is 2. The lowest BCUT2D eigenvalue weighted by molar-refractivity contribution is -0.139. The molecular formula is C31H36N6O4. The Morgan fingerprint density at radius 2 is 1.49 bits per heavy atom. The zero-order valence-electron chi connectivity index (χ0n) is 23.4. The van der Waals surface area contributed by atoms with Crippen molar-refractivity contribution in [1.82, 2.24) is 29.3 Å². The highest BCUT2D eigenvalue weighted by Crippen LogP contribution is 2.44. The summed E-state index contributed by atoms with van der Waals surface area (Å²) in [5, 5.41) is 12.3. The maximum atomic E-state index is 12.7. The number of aliphatic carboxylic acids is 1. The first kappa shape index (κ1) is 28.1. The highest BCUT2D eigenvalue weighted by molar-refractivity contribution is 5.81. The number of amides is 1. The normalized spacial score (nSPS) is 13.1. The molecule has 0 saturated heterocycles. The molecule has 1 atom stereocenters. The fraction of sp³-hybridized carbons (Fsp3) is 0.355. The van der Waals surface area contributed by atoms with E-state index in [9.17, 15) is 14.7 Å². The van der Waals surface area contributed by atoms with Crippen LogP contribution < -0.4 is 5.32 Å². The molecule has 1 aliphatic rings. The third-order valence-electron chi connectivity index (χ3n) is 7.72. The number of nitrogens with zero attached hydrogens (tertiary/aromatic N) is 5. The predicted molar refractivity (Wildman–Crippen MR) is 154 cm³/mol. The van der Waals surface area contributed by atoms with Gasteiger partial charge in [-0.15, -0.1) is 0 Å². The second-order valence-corrected chi connectivity index (χ2v) is 10.5. The number of imidazole rings is 2. The third kappa shape index (κ3) is 6.66. The van der Waals surface area contributed by atoms with Gasteiger partial charge in [0.05, 0.1) is 13.1 Å². The van der Waals surface area contributed by atoms with Gasteiger partial charge in [-0.05, 0) is 48.1 Å². The van der Waals surface area contributed by atoms with Crippen LogP contribution in [0.3, 0.4) is 0 Å². The van der Waals surface area contributed by atoms with Gasteiger partial charge in [-0.25, -0.2) is 19.6 Å². The summed E-state index contributed by atoms with van der Waals surface area (Å²) in [5.74, 6) is 0.732. The summed E-state index contributed by atoms with van der Waals surface area (Å²) in [7, 11) is 3.93. The van der Waals surface area contributed by atoms with E-state index >= 15 is 0 Å². The molecule has 0 saturated carbocycles. The van der Waals surface area contributed by atoms with Gasteiger partial charge in [0, 0.05) is 44.8 Å². The molecule has 41 heavy (non-hydrogen) atoms. The molecule has 4 aromatic rings. The van der Waals surface area contributed by atoms with E-state index < -0.39 is 18.1 Å². The number of ether oxygens (including phenoxy) is 1. The Balaban J connectivity index is 1.13. The van der Waals surface area contributed by atoms with Crippen LogP contribution in [0.15, 0.2) is 73.3 Å². The van der Waals surface area contributed by atoms with Crippen molar-refractivity contribution < 1.29 is 19.4 Å². The maximum absolute atomic E-state index is 12.7. The monoisotopic (exact) mass is 556 g/mol. The Bertz CT molecular complexity index is 1410. The van der Waals surface area contributed by atoms with Crippen molar-refractivity contribution in [3.05, 3.63) is 96.1 Å². The van der Waals surface area contributed by atoms with E-state index in [4.69, 9.17) is 4.74 Å². The van der Waals surface area contributed by atoms with Crippen LogP contribution in [0.5, 0.6) is 0 Å². The van der Waals surface area contributed by atoms with Gasteiger partial charge in [0.25, 0.3) is 0 Å². The summed E-state index contributed by atoms with van der Waals surface area (Å²) in [6.07, 6.45) is 8.36. The van der Waals surface area contributed by atoms with E-state index in [1.807, 2.05) is 72.0 Å². The van der Waals surface area contributed by atoms with Gasteiger partial charge in [0.2, 0.25) is 0 Å². The number of hydrogen-bond acceptors (Lipinski definition) is 6. The lowest BCUT2D eigenvalue weighted by Crippen LogP contribution is -2.41. The molecule has 0 unspecified atom stereocenters. The molecule has 10 heteroatoms. The first-order chi connectivity index (χ1) is 19.9. The molecule has 2 heterocycles. The van der Waals surface area contributed by atoms with Gasteiger partial charge in [0.15, 0.2) is 0 Å². The number of carboxylic acids is 1. The third-order valence-corrected chi connectivity index (χ3v) is 7.72. The second-order valence-electron chi connectivity index (χ2n) is 10.5. The largest absolute Gasteiger partial charge is 0.480 e. The molecule has 214 valence electrons. The van der Waals surface area contributed by atoms with Gasteiger partial charge < -0.3 is 24.3 Å². The number of carbonyl (C=O) groups excluding carboxylic acids is 1. The molecule has 2 N–H and O–H groups in total. The van der Waals surface area contributed by atoms with Gasteiger partial charge in [-0.3, -0.25) is 4.90 Å². The van der Waals surface area contributed by atoms with Crippen LogP contribution in [0.1, 0.15) is 48.0 Å². The van der Waals surface area contributed by atoms with Crippen LogP contribution in [0.2, 0.25) is 0 Å². The number of hydrogen-bond donors (Lipinski definition) is 2. The summed E-state index contributed by atoms with van der Waals surface area (Å²) < 4.78 is 9.55. The molecule has 0 bridgehead atoms. The van der Waals surface area contributed by atoms with E-state index in [0.717, 1.165) is 46.9 Å². The summed E-state index contributed by atoms with van der Waals surface area (Å²) in [6.45, 7) is 2.17. The van der Waals surface area contributed by atoms with Crippen molar-refractivity contribution in [3.8, 4) is 11.1 Å². The van der Waals surface area contributed by atoms with Crippen molar-refractivity contribution in [2.24, 2.45) is 14.1 Å². The van der Waals surface area contributed by atoms with Crippen LogP contribution in [0.4, 0.5) is 4.79 Å². The van der Waals surface area contributed by atoms with Gasteiger partial charge >= 0.3 is 12.1 Å². The Labute approximate surface area is 239 Å². The molecule has 1 amide bonds. The standard InChI is InChI=1S/C31H36N6O4/c1-35-17-14-32-28(35)19-37(20-29-33-15-18-36(29)2)16-8-7-13-27(30(38)39)34-31(40)41-21-26-24-11-5-3-9-22(24)23-10-4-6-12-25(23)26/h3-6,9-12,14-15,17-18,26-27H,7-8,13,16,19-21H2,1-2H3,(H,34,40)(H,38,39)/t27-/m1/s1. The Kier molecular flexibility index (Phi) is 8.79. The highest BCUT2D eigenvalue weighted by Gasteiger charge is 2.29. The molecule has 2 aromatic heterocycles. The molecule has 0 fully saturated rings. The number of benzene rings is 2. The topological polar surface area (TPSA) is 115 Å². The zero-order chi connectivity index (χ0) is 28.8. The Morgan fingerprint density at radius 3 is 2.00 bits per heavy atom. The van der Waals surface area contributed by atoms with Gasteiger partial charge in [0.1, 0.15) is 24.3 Å². The van der Waals surface area contributed by atoms with Gasteiger partial charge in [-0.2, -0.15) is 0 Å². The van der Waals surface area contributed by atoms with Crippen LogP contribution in [0.25, 0.3) is 11.1 Å². The molecular weight excluding hydrogens is 520 g/mol. The minimum atomic E-state index is -1.07. The van der Waals surface area contributed by atoms with E-state index in [-0.39, 0.29) is 12.5 Å². The quantitative estimate of drug-likeness (QED) is 0.236. The summed E-state index contributed by atoms with van der Waals surface area (Å²) >= 11 is 0. The van der Waals surface area contributed by atoms with Crippen molar-refractivity contribution in [2.45, 2.75) is 44.3 Å². The van der Waals surface area contributed by atoms with E-state index in [1.165, 1.54) is 0 Å². The maximum Gasteiger partial charge on any atom is 0.407 e. The average Bonchev–Trinajstić information content (AvgIpc) is 3.66. The summed E-state index contributed by atoms with van der Waals surface area (Å²) in [4.78, 5) is 35.8. The molecule has 2 aromatic carbocycles. The summed E-state index contributed by atoms with van der Waals surface area (Å²) in [6, 6.07) is 15.2. The molecule has 0 aliphatic heterocycles. The molecule has 0 radical (unpaired) electrons. The molecule has 0 spiro atoms. The number of fused-ring (bicyclic) bond motifs is 3. The highest BCUT2D eigenvalue weighted by atomic mass is 16.5. The summed E-state index contributed by atoms with van der Waals surface area (Å²) in [5.41, 5.74) is 4.50. The average molecular weight is 557 g/mol. The Morgan fingerprint density at radius 1 is 0.927 bits per heavy atom. The molecule has 5 rings (SSSR count). The van der Waals surface area contributed by atoms with Crippen molar-refractivity contribution in [2.75, 3.05) is 13.2 Å². The number of carbonyl (C=O) groups is 2.